The summed E-state index contributed by atoms with van der Waals surface area (Å²) in [5.41, 5.74) is 6.62. The van der Waals surface area contributed by atoms with Crippen LogP contribution in [-0.4, -0.2) is 21.5 Å². The van der Waals surface area contributed by atoms with Crippen LogP contribution in [0.5, 0.6) is 0 Å². The molecule has 1 aromatic carbocycles. The third-order valence-corrected chi connectivity index (χ3v) is 4.24. The number of rotatable bonds is 7. The largest absolute Gasteiger partial charge is 0.330 e. The molecular weight excluding hydrogens is 284 g/mol. The number of halogens is 1. The summed E-state index contributed by atoms with van der Waals surface area (Å²) < 4.78 is 26.5. The molecular formula is C13H23ClN2O2S. The van der Waals surface area contributed by atoms with Gasteiger partial charge in [0.2, 0.25) is 10.0 Å². The van der Waals surface area contributed by atoms with Crippen molar-refractivity contribution in [2.24, 2.45) is 11.7 Å². The normalized spacial score (nSPS) is 12.8. The smallest absolute Gasteiger partial charge is 0.240 e. The SMILES string of the molecule is CCCc1ccc(S(=O)(=O)NCC(C)CN)cc1.Cl. The van der Waals surface area contributed by atoms with Crippen molar-refractivity contribution in [3.05, 3.63) is 29.8 Å². The predicted molar refractivity (Wildman–Crippen MR) is 81.1 cm³/mol. The van der Waals surface area contributed by atoms with Crippen LogP contribution in [0.4, 0.5) is 0 Å². The van der Waals surface area contributed by atoms with Gasteiger partial charge in [-0.1, -0.05) is 32.4 Å². The van der Waals surface area contributed by atoms with Crippen LogP contribution in [0.3, 0.4) is 0 Å². The van der Waals surface area contributed by atoms with Gasteiger partial charge in [-0.2, -0.15) is 0 Å². The molecule has 3 N–H and O–H groups in total. The number of nitrogens with two attached hydrogens (primary N) is 1. The highest BCUT2D eigenvalue weighted by Crippen LogP contribution is 2.12. The van der Waals surface area contributed by atoms with Crippen LogP contribution in [0.15, 0.2) is 29.2 Å². The molecule has 1 aromatic rings. The first-order valence-electron chi connectivity index (χ1n) is 6.28. The van der Waals surface area contributed by atoms with Crippen LogP contribution >= 0.6 is 12.4 Å². The van der Waals surface area contributed by atoms with Crippen LogP contribution in [0.25, 0.3) is 0 Å². The van der Waals surface area contributed by atoms with Gasteiger partial charge < -0.3 is 5.73 Å². The lowest BCUT2D eigenvalue weighted by Crippen LogP contribution is -2.31. The van der Waals surface area contributed by atoms with Gasteiger partial charge in [0.1, 0.15) is 0 Å². The maximum absolute atomic E-state index is 12.0. The molecule has 0 aliphatic heterocycles. The molecule has 1 atom stereocenters. The Labute approximate surface area is 122 Å². The second-order valence-corrected chi connectivity index (χ2v) is 6.35. The summed E-state index contributed by atoms with van der Waals surface area (Å²) in [6.45, 7) is 4.85. The van der Waals surface area contributed by atoms with Gasteiger partial charge >= 0.3 is 0 Å². The second kappa shape index (κ2) is 8.53. The molecule has 0 heterocycles. The summed E-state index contributed by atoms with van der Waals surface area (Å²) in [6, 6.07) is 7.04. The van der Waals surface area contributed by atoms with E-state index in [0.29, 0.717) is 18.0 Å². The molecule has 0 radical (unpaired) electrons. The van der Waals surface area contributed by atoms with Gasteiger partial charge in [-0.3, -0.25) is 0 Å². The van der Waals surface area contributed by atoms with Crippen molar-refractivity contribution in [3.63, 3.8) is 0 Å². The molecule has 1 rings (SSSR count). The molecule has 110 valence electrons. The molecule has 0 aromatic heterocycles. The fourth-order valence-electron chi connectivity index (χ4n) is 1.54. The number of aryl methyl sites for hydroxylation is 1. The van der Waals surface area contributed by atoms with E-state index in [1.807, 2.05) is 19.1 Å². The minimum Gasteiger partial charge on any atom is -0.330 e. The zero-order valence-corrected chi connectivity index (χ0v) is 13.1. The lowest BCUT2D eigenvalue weighted by molar-refractivity contribution is 0.545. The summed E-state index contributed by atoms with van der Waals surface area (Å²) in [4.78, 5) is 0.312. The fraction of sp³-hybridized carbons (Fsp3) is 0.538. The van der Waals surface area contributed by atoms with E-state index >= 15 is 0 Å². The summed E-state index contributed by atoms with van der Waals surface area (Å²) in [6.07, 6.45) is 2.02. The van der Waals surface area contributed by atoms with Gasteiger partial charge in [-0.15, -0.1) is 12.4 Å². The molecule has 0 saturated carbocycles. The van der Waals surface area contributed by atoms with E-state index in [4.69, 9.17) is 5.73 Å². The first-order chi connectivity index (χ1) is 8.49. The van der Waals surface area contributed by atoms with Gasteiger partial charge in [0.15, 0.2) is 0 Å². The van der Waals surface area contributed by atoms with E-state index in [0.717, 1.165) is 18.4 Å². The van der Waals surface area contributed by atoms with Crippen LogP contribution in [0.1, 0.15) is 25.8 Å². The fourth-order valence-corrected chi connectivity index (χ4v) is 2.71. The van der Waals surface area contributed by atoms with E-state index in [2.05, 4.69) is 11.6 Å². The van der Waals surface area contributed by atoms with Gasteiger partial charge in [-0.05, 0) is 36.6 Å². The van der Waals surface area contributed by atoms with Gasteiger partial charge in [0.25, 0.3) is 0 Å². The van der Waals surface area contributed by atoms with Crippen molar-refractivity contribution in [3.8, 4) is 0 Å². The molecule has 1 unspecified atom stereocenters. The summed E-state index contributed by atoms with van der Waals surface area (Å²) in [7, 11) is -3.40. The monoisotopic (exact) mass is 306 g/mol. The van der Waals surface area contributed by atoms with Gasteiger partial charge in [0.05, 0.1) is 4.90 Å². The Hall–Kier alpha value is -0.620. The van der Waals surface area contributed by atoms with Crippen LogP contribution in [-0.2, 0) is 16.4 Å². The van der Waals surface area contributed by atoms with Crippen molar-refractivity contribution in [1.82, 2.24) is 4.72 Å². The second-order valence-electron chi connectivity index (χ2n) is 4.59. The molecule has 0 spiro atoms. The molecule has 0 aliphatic carbocycles. The molecule has 0 aliphatic rings. The molecule has 6 heteroatoms. The van der Waals surface area contributed by atoms with E-state index in [9.17, 15) is 8.42 Å². The standard InChI is InChI=1S/C13H22N2O2S.ClH/c1-3-4-12-5-7-13(8-6-12)18(16,17)15-10-11(2)9-14;/h5-8,11,15H,3-4,9-10,14H2,1-2H3;1H. The zero-order valence-electron chi connectivity index (χ0n) is 11.4. The summed E-state index contributed by atoms with van der Waals surface area (Å²) >= 11 is 0. The minimum atomic E-state index is -3.40. The summed E-state index contributed by atoms with van der Waals surface area (Å²) in [5, 5.41) is 0. The Morgan fingerprint density at radius 1 is 1.26 bits per heavy atom. The Morgan fingerprint density at radius 2 is 1.84 bits per heavy atom. The Morgan fingerprint density at radius 3 is 2.32 bits per heavy atom. The molecule has 0 amide bonds. The number of sulfonamides is 1. The highest BCUT2D eigenvalue weighted by Gasteiger charge is 2.14. The van der Waals surface area contributed by atoms with E-state index in [-0.39, 0.29) is 18.3 Å². The molecule has 0 bridgehead atoms. The van der Waals surface area contributed by atoms with Gasteiger partial charge in [-0.25, -0.2) is 13.1 Å². The van der Waals surface area contributed by atoms with E-state index < -0.39 is 10.0 Å². The average Bonchev–Trinajstić information content (AvgIpc) is 2.37. The lowest BCUT2D eigenvalue weighted by atomic mass is 10.1. The minimum absolute atomic E-state index is 0. The maximum atomic E-state index is 12.0. The highest BCUT2D eigenvalue weighted by molar-refractivity contribution is 7.89. The average molecular weight is 307 g/mol. The molecule has 0 saturated heterocycles. The van der Waals surface area contributed by atoms with Crippen LogP contribution in [0.2, 0.25) is 0 Å². The van der Waals surface area contributed by atoms with Crippen LogP contribution < -0.4 is 10.5 Å². The van der Waals surface area contributed by atoms with Crippen molar-refractivity contribution < 1.29 is 8.42 Å². The van der Waals surface area contributed by atoms with Crippen molar-refractivity contribution in [1.29, 1.82) is 0 Å². The topological polar surface area (TPSA) is 72.2 Å². The summed E-state index contributed by atoms with van der Waals surface area (Å²) in [5.74, 6) is 0.138. The van der Waals surface area contributed by atoms with Crippen molar-refractivity contribution in [2.75, 3.05) is 13.1 Å². The number of hydrogen-bond acceptors (Lipinski definition) is 3. The molecule has 19 heavy (non-hydrogen) atoms. The third-order valence-electron chi connectivity index (χ3n) is 2.80. The quantitative estimate of drug-likeness (QED) is 0.808. The Bertz CT molecular complexity index is 460. The van der Waals surface area contributed by atoms with E-state index in [1.54, 1.807) is 12.1 Å². The van der Waals surface area contributed by atoms with Crippen molar-refractivity contribution >= 4 is 22.4 Å². The lowest BCUT2D eigenvalue weighted by Gasteiger charge is -2.11. The van der Waals surface area contributed by atoms with E-state index in [1.165, 1.54) is 0 Å². The Kier molecular flexibility index (Phi) is 8.25. The van der Waals surface area contributed by atoms with Crippen LogP contribution in [0, 0.1) is 5.92 Å². The number of hydrogen-bond donors (Lipinski definition) is 2. The first-order valence-corrected chi connectivity index (χ1v) is 7.76. The predicted octanol–water partition coefficient (Wildman–Crippen LogP) is 1.93. The molecule has 4 nitrogen and oxygen atoms in total. The van der Waals surface area contributed by atoms with Gasteiger partial charge in [0, 0.05) is 6.54 Å². The first kappa shape index (κ1) is 18.4. The zero-order chi connectivity index (χ0) is 13.6. The number of nitrogens with one attached hydrogen (secondary N) is 1. The third kappa shape index (κ3) is 5.91. The van der Waals surface area contributed by atoms with Crippen molar-refractivity contribution in [2.45, 2.75) is 31.6 Å². The molecule has 0 fully saturated rings. The number of benzene rings is 1. The maximum Gasteiger partial charge on any atom is 0.240 e. The highest BCUT2D eigenvalue weighted by atomic mass is 35.5. The Balaban J connectivity index is 0.00000324.